The SMILES string of the molecule is CC(C)(C)c1ccc(C2(C)NC(=O)N(CC(=O)N3CCCC(C(=O)O)C3)C2=O)cc1. The van der Waals surface area contributed by atoms with Gasteiger partial charge in [-0.05, 0) is 36.3 Å². The van der Waals surface area contributed by atoms with Gasteiger partial charge in [0.15, 0.2) is 0 Å². The molecule has 1 aromatic carbocycles. The molecule has 2 heterocycles. The first-order chi connectivity index (χ1) is 13.9. The van der Waals surface area contributed by atoms with E-state index in [1.807, 2.05) is 24.3 Å². The largest absolute Gasteiger partial charge is 0.481 e. The number of nitrogens with one attached hydrogen (secondary N) is 1. The Morgan fingerprint density at radius 2 is 1.83 bits per heavy atom. The summed E-state index contributed by atoms with van der Waals surface area (Å²) in [6.45, 7) is 8.04. The van der Waals surface area contributed by atoms with Crippen LogP contribution in [0.25, 0.3) is 0 Å². The summed E-state index contributed by atoms with van der Waals surface area (Å²) in [5.41, 5.74) is 0.465. The molecule has 0 saturated carbocycles. The molecule has 2 fully saturated rings. The van der Waals surface area contributed by atoms with Crippen LogP contribution in [0, 0.1) is 5.92 Å². The van der Waals surface area contributed by atoms with Gasteiger partial charge in [-0.2, -0.15) is 0 Å². The highest BCUT2D eigenvalue weighted by atomic mass is 16.4. The number of amides is 4. The number of rotatable bonds is 4. The van der Waals surface area contributed by atoms with Crippen LogP contribution in [-0.4, -0.2) is 58.4 Å². The highest BCUT2D eigenvalue weighted by molar-refractivity contribution is 6.09. The number of carboxylic acid groups (broad SMARTS) is 1. The van der Waals surface area contributed by atoms with E-state index in [0.717, 1.165) is 10.5 Å². The lowest BCUT2D eigenvalue weighted by Gasteiger charge is -2.31. The van der Waals surface area contributed by atoms with Crippen LogP contribution in [-0.2, 0) is 25.3 Å². The van der Waals surface area contributed by atoms with Gasteiger partial charge in [-0.3, -0.25) is 19.3 Å². The molecule has 2 aliphatic rings. The monoisotopic (exact) mass is 415 g/mol. The third kappa shape index (κ3) is 4.04. The zero-order chi connectivity index (χ0) is 22.3. The Balaban J connectivity index is 1.74. The molecule has 162 valence electrons. The molecular weight excluding hydrogens is 386 g/mol. The number of hydrogen-bond acceptors (Lipinski definition) is 4. The Kier molecular flexibility index (Phi) is 5.62. The zero-order valence-electron chi connectivity index (χ0n) is 17.9. The van der Waals surface area contributed by atoms with E-state index in [0.29, 0.717) is 24.9 Å². The molecule has 2 atom stereocenters. The lowest BCUT2D eigenvalue weighted by Crippen LogP contribution is -2.48. The van der Waals surface area contributed by atoms with Crippen LogP contribution < -0.4 is 5.32 Å². The van der Waals surface area contributed by atoms with Crippen molar-refractivity contribution in [2.45, 2.75) is 51.5 Å². The molecule has 3 rings (SSSR count). The Morgan fingerprint density at radius 1 is 1.20 bits per heavy atom. The molecule has 0 bridgehead atoms. The standard InChI is InChI=1S/C22H29N3O5/c1-21(2,3)15-7-9-16(10-8-15)22(4)19(29)25(20(30)23-22)13-17(26)24-11-5-6-14(12-24)18(27)28/h7-10,14H,5-6,11-13H2,1-4H3,(H,23,30)(H,27,28). The van der Waals surface area contributed by atoms with Crippen molar-refractivity contribution in [1.29, 1.82) is 0 Å². The van der Waals surface area contributed by atoms with Gasteiger partial charge in [-0.1, -0.05) is 45.0 Å². The molecule has 30 heavy (non-hydrogen) atoms. The number of imide groups is 1. The molecule has 0 aromatic heterocycles. The van der Waals surface area contributed by atoms with Crippen molar-refractivity contribution in [3.8, 4) is 0 Å². The van der Waals surface area contributed by atoms with Crippen molar-refractivity contribution in [1.82, 2.24) is 15.1 Å². The van der Waals surface area contributed by atoms with Crippen molar-refractivity contribution < 1.29 is 24.3 Å². The second kappa shape index (κ2) is 7.74. The summed E-state index contributed by atoms with van der Waals surface area (Å²) >= 11 is 0. The Morgan fingerprint density at radius 3 is 2.40 bits per heavy atom. The predicted molar refractivity (Wildman–Crippen MR) is 110 cm³/mol. The number of aliphatic carboxylic acids is 1. The number of carbonyl (C=O) groups is 4. The van der Waals surface area contributed by atoms with Crippen molar-refractivity contribution in [3.05, 3.63) is 35.4 Å². The second-order valence-corrected chi connectivity index (χ2v) is 9.29. The smallest absolute Gasteiger partial charge is 0.325 e. The number of nitrogens with zero attached hydrogens (tertiary/aromatic N) is 2. The van der Waals surface area contributed by atoms with Crippen LogP contribution in [0.15, 0.2) is 24.3 Å². The maximum atomic E-state index is 13.1. The first-order valence-corrected chi connectivity index (χ1v) is 10.2. The summed E-state index contributed by atoms with van der Waals surface area (Å²) in [5.74, 6) is -2.46. The number of urea groups is 1. The number of benzene rings is 1. The molecule has 0 radical (unpaired) electrons. The highest BCUT2D eigenvalue weighted by Crippen LogP contribution is 2.31. The van der Waals surface area contributed by atoms with E-state index in [9.17, 15) is 24.3 Å². The fourth-order valence-corrected chi connectivity index (χ4v) is 3.98. The van der Waals surface area contributed by atoms with Gasteiger partial charge < -0.3 is 15.3 Å². The summed E-state index contributed by atoms with van der Waals surface area (Å²) < 4.78 is 0. The molecule has 0 aliphatic carbocycles. The summed E-state index contributed by atoms with van der Waals surface area (Å²) in [4.78, 5) is 51.9. The van der Waals surface area contributed by atoms with Crippen molar-refractivity contribution in [2.24, 2.45) is 5.92 Å². The molecule has 1 aromatic rings. The van der Waals surface area contributed by atoms with Gasteiger partial charge in [-0.15, -0.1) is 0 Å². The lowest BCUT2D eigenvalue weighted by molar-refractivity contribution is -0.147. The van der Waals surface area contributed by atoms with E-state index >= 15 is 0 Å². The van der Waals surface area contributed by atoms with Crippen molar-refractivity contribution in [3.63, 3.8) is 0 Å². The van der Waals surface area contributed by atoms with Crippen LogP contribution >= 0.6 is 0 Å². The molecule has 2 aliphatic heterocycles. The molecule has 0 spiro atoms. The number of piperidine rings is 1. The topological polar surface area (TPSA) is 107 Å². The molecule has 8 nitrogen and oxygen atoms in total. The molecular formula is C22H29N3O5. The molecule has 4 amide bonds. The number of carbonyl (C=O) groups excluding carboxylic acids is 3. The molecule has 2 unspecified atom stereocenters. The minimum atomic E-state index is -1.25. The molecule has 2 N–H and O–H groups in total. The maximum absolute atomic E-state index is 13.1. The van der Waals surface area contributed by atoms with Gasteiger partial charge >= 0.3 is 12.0 Å². The maximum Gasteiger partial charge on any atom is 0.325 e. The average molecular weight is 415 g/mol. The third-order valence-electron chi connectivity index (χ3n) is 6.02. The van der Waals surface area contributed by atoms with Gasteiger partial charge in [-0.25, -0.2) is 4.79 Å². The molecule has 8 heteroatoms. The van der Waals surface area contributed by atoms with Crippen LogP contribution in [0.5, 0.6) is 0 Å². The summed E-state index contributed by atoms with van der Waals surface area (Å²) in [7, 11) is 0. The summed E-state index contributed by atoms with van der Waals surface area (Å²) in [5, 5.41) is 11.9. The van der Waals surface area contributed by atoms with E-state index in [1.54, 1.807) is 6.92 Å². The zero-order valence-corrected chi connectivity index (χ0v) is 17.9. The first-order valence-electron chi connectivity index (χ1n) is 10.2. The van der Waals surface area contributed by atoms with Crippen molar-refractivity contribution in [2.75, 3.05) is 19.6 Å². The highest BCUT2D eigenvalue weighted by Gasteiger charge is 2.50. The van der Waals surface area contributed by atoms with E-state index in [-0.39, 0.29) is 12.0 Å². The predicted octanol–water partition coefficient (Wildman–Crippen LogP) is 2.07. The minimum Gasteiger partial charge on any atom is -0.481 e. The van der Waals surface area contributed by atoms with Gasteiger partial charge in [0.25, 0.3) is 5.91 Å². The number of hydrogen-bond donors (Lipinski definition) is 2. The average Bonchev–Trinajstić information content (AvgIpc) is 2.91. The van der Waals surface area contributed by atoms with E-state index in [2.05, 4.69) is 26.1 Å². The van der Waals surface area contributed by atoms with Crippen LogP contribution in [0.2, 0.25) is 0 Å². The Hall–Kier alpha value is -2.90. The van der Waals surface area contributed by atoms with Crippen molar-refractivity contribution >= 4 is 23.8 Å². The fourth-order valence-electron chi connectivity index (χ4n) is 3.98. The lowest BCUT2D eigenvalue weighted by atomic mass is 9.84. The van der Waals surface area contributed by atoms with Gasteiger partial charge in [0.1, 0.15) is 12.1 Å². The van der Waals surface area contributed by atoms with Gasteiger partial charge in [0, 0.05) is 13.1 Å². The quantitative estimate of drug-likeness (QED) is 0.732. The second-order valence-electron chi connectivity index (χ2n) is 9.29. The van der Waals surface area contributed by atoms with Crippen LogP contribution in [0.4, 0.5) is 4.79 Å². The Bertz CT molecular complexity index is 874. The summed E-state index contributed by atoms with van der Waals surface area (Å²) in [6, 6.07) is 6.90. The molecule has 2 saturated heterocycles. The van der Waals surface area contributed by atoms with E-state index in [1.165, 1.54) is 4.90 Å². The number of carboxylic acids is 1. The summed E-state index contributed by atoms with van der Waals surface area (Å²) in [6.07, 6.45) is 1.10. The van der Waals surface area contributed by atoms with Gasteiger partial charge in [0.2, 0.25) is 5.91 Å². The fraction of sp³-hybridized carbons (Fsp3) is 0.545. The minimum absolute atomic E-state index is 0.0386. The van der Waals surface area contributed by atoms with Gasteiger partial charge in [0.05, 0.1) is 5.92 Å². The van der Waals surface area contributed by atoms with Crippen LogP contribution in [0.1, 0.15) is 51.7 Å². The van der Waals surface area contributed by atoms with Crippen LogP contribution in [0.3, 0.4) is 0 Å². The Labute approximate surface area is 176 Å². The third-order valence-corrected chi connectivity index (χ3v) is 6.02. The van der Waals surface area contributed by atoms with E-state index < -0.39 is 41.8 Å². The number of likely N-dealkylation sites (tertiary alicyclic amines) is 1. The normalized spacial score (nSPS) is 24.7. The first kappa shape index (κ1) is 21.8. The van der Waals surface area contributed by atoms with E-state index in [4.69, 9.17) is 0 Å².